The van der Waals surface area contributed by atoms with Crippen LogP contribution in [0.5, 0.6) is 0 Å². The summed E-state index contributed by atoms with van der Waals surface area (Å²) in [7, 11) is 1.65. The molecule has 31 heavy (non-hydrogen) atoms. The molecule has 1 aromatic rings. The second-order valence-electron chi connectivity index (χ2n) is 8.54. The second-order valence-corrected chi connectivity index (χ2v) is 9.20. The number of hydrogen-bond donors (Lipinski definition) is 2. The molecule has 0 aliphatic carbocycles. The molecule has 0 aliphatic heterocycles. The van der Waals surface area contributed by atoms with Crippen LogP contribution in [-0.2, 0) is 36.5 Å². The smallest absolute Gasteiger partial charge is 0.223 e. The summed E-state index contributed by atoms with van der Waals surface area (Å²) < 4.78 is 9.79. The SMILES string of the molecule is CCC(CCc1ccc(CCC(CC(C)=O)OC)cc1)C(=O)NC(C)(C)CSOOO. The molecular formula is C23H37NO6S. The van der Waals surface area contributed by atoms with Crippen LogP contribution >= 0.6 is 12.0 Å². The van der Waals surface area contributed by atoms with Crippen molar-refractivity contribution in [3.63, 3.8) is 0 Å². The number of ether oxygens (including phenoxy) is 1. The van der Waals surface area contributed by atoms with Gasteiger partial charge in [0.25, 0.3) is 0 Å². The third-order valence-electron chi connectivity index (χ3n) is 5.23. The molecule has 0 saturated heterocycles. The maximum absolute atomic E-state index is 12.7. The molecule has 0 spiro atoms. The Hall–Kier alpha value is -1.45. The summed E-state index contributed by atoms with van der Waals surface area (Å²) >= 11 is 0.931. The Kier molecular flexibility index (Phi) is 13.0. The highest BCUT2D eigenvalue weighted by Gasteiger charge is 2.25. The van der Waals surface area contributed by atoms with Crippen molar-refractivity contribution in [2.24, 2.45) is 5.92 Å². The first-order chi connectivity index (χ1) is 14.7. The zero-order valence-corrected chi connectivity index (χ0v) is 20.1. The average Bonchev–Trinajstić information content (AvgIpc) is 2.71. The van der Waals surface area contributed by atoms with Crippen molar-refractivity contribution >= 4 is 23.7 Å². The Morgan fingerprint density at radius 2 is 1.71 bits per heavy atom. The lowest BCUT2D eigenvalue weighted by Gasteiger charge is -2.27. The van der Waals surface area contributed by atoms with Gasteiger partial charge in [-0.25, -0.2) is 5.26 Å². The Balaban J connectivity index is 2.51. The van der Waals surface area contributed by atoms with Crippen LogP contribution in [0, 0.1) is 5.92 Å². The quantitative estimate of drug-likeness (QED) is 0.164. The van der Waals surface area contributed by atoms with Crippen molar-refractivity contribution in [3.8, 4) is 0 Å². The molecule has 176 valence electrons. The van der Waals surface area contributed by atoms with Crippen molar-refractivity contribution in [2.75, 3.05) is 12.9 Å². The number of Topliss-reactive ketones (excluding diaryl/α,β-unsaturated/α-hetero) is 1. The maximum atomic E-state index is 12.7. The van der Waals surface area contributed by atoms with E-state index in [9.17, 15) is 9.59 Å². The molecule has 0 aromatic heterocycles. The van der Waals surface area contributed by atoms with Crippen molar-refractivity contribution in [1.29, 1.82) is 0 Å². The van der Waals surface area contributed by atoms with E-state index >= 15 is 0 Å². The molecule has 2 unspecified atom stereocenters. The van der Waals surface area contributed by atoms with Gasteiger partial charge in [0.2, 0.25) is 5.91 Å². The number of amides is 1. The van der Waals surface area contributed by atoms with E-state index in [0.29, 0.717) is 12.2 Å². The molecule has 0 fully saturated rings. The third kappa shape index (κ3) is 11.7. The number of methoxy groups -OCH3 is 1. The minimum Gasteiger partial charge on any atom is -0.381 e. The number of hydrogen-bond acceptors (Lipinski definition) is 7. The molecule has 0 heterocycles. The molecule has 2 N–H and O–H groups in total. The Morgan fingerprint density at radius 3 is 2.19 bits per heavy atom. The van der Waals surface area contributed by atoms with Crippen molar-refractivity contribution in [2.45, 2.75) is 77.9 Å². The van der Waals surface area contributed by atoms with Crippen LogP contribution in [0.4, 0.5) is 0 Å². The largest absolute Gasteiger partial charge is 0.381 e. The average molecular weight is 456 g/mol. The number of carbonyl (C=O) groups is 2. The van der Waals surface area contributed by atoms with E-state index in [-0.39, 0.29) is 23.7 Å². The highest BCUT2D eigenvalue weighted by molar-refractivity contribution is 7.94. The lowest BCUT2D eigenvalue weighted by atomic mass is 9.94. The van der Waals surface area contributed by atoms with E-state index in [0.717, 1.165) is 44.1 Å². The number of ketones is 1. The summed E-state index contributed by atoms with van der Waals surface area (Å²) in [5.74, 6) is 0.526. The number of aryl methyl sites for hydroxylation is 2. The van der Waals surface area contributed by atoms with Crippen LogP contribution in [0.15, 0.2) is 24.3 Å². The van der Waals surface area contributed by atoms with E-state index in [1.54, 1.807) is 14.0 Å². The van der Waals surface area contributed by atoms with Gasteiger partial charge < -0.3 is 10.1 Å². The standard InChI is InChI=1S/C23H37NO6S/c1-6-20(22(26)24-23(3,4)16-31-30-29-27)13-11-18-7-9-19(10-8-18)12-14-21(28-5)15-17(2)25/h7-10,20-21,27H,6,11-16H2,1-5H3,(H,24,26). The van der Waals surface area contributed by atoms with Gasteiger partial charge in [-0.05, 0) is 64.0 Å². The highest BCUT2D eigenvalue weighted by Crippen LogP contribution is 2.19. The van der Waals surface area contributed by atoms with E-state index < -0.39 is 5.54 Å². The maximum Gasteiger partial charge on any atom is 0.223 e. The van der Waals surface area contributed by atoms with E-state index in [2.05, 4.69) is 39.0 Å². The van der Waals surface area contributed by atoms with Gasteiger partial charge in [0, 0.05) is 42.8 Å². The fourth-order valence-electron chi connectivity index (χ4n) is 3.35. The van der Waals surface area contributed by atoms with Gasteiger partial charge in [-0.3, -0.25) is 9.59 Å². The van der Waals surface area contributed by atoms with Gasteiger partial charge in [-0.15, -0.1) is 4.33 Å². The van der Waals surface area contributed by atoms with Crippen LogP contribution in [0.1, 0.15) is 64.5 Å². The topological polar surface area (TPSA) is 94.1 Å². The van der Waals surface area contributed by atoms with Crippen LogP contribution < -0.4 is 5.32 Å². The lowest BCUT2D eigenvalue weighted by Crippen LogP contribution is -2.48. The van der Waals surface area contributed by atoms with E-state index in [1.807, 2.05) is 20.8 Å². The molecule has 1 rings (SSSR count). The Labute approximate surface area is 190 Å². The molecule has 7 nitrogen and oxygen atoms in total. The van der Waals surface area contributed by atoms with Gasteiger partial charge in [-0.2, -0.15) is 0 Å². The fraction of sp³-hybridized carbons (Fsp3) is 0.652. The van der Waals surface area contributed by atoms with Crippen LogP contribution in [0.25, 0.3) is 0 Å². The summed E-state index contributed by atoms with van der Waals surface area (Å²) in [5, 5.41) is 14.8. The van der Waals surface area contributed by atoms with Crippen molar-refractivity contribution in [1.82, 2.24) is 5.32 Å². The molecule has 8 heteroatoms. The van der Waals surface area contributed by atoms with Crippen molar-refractivity contribution < 1.29 is 29.0 Å². The zero-order chi connectivity index (χ0) is 23.3. The van der Waals surface area contributed by atoms with Crippen LogP contribution in [0.2, 0.25) is 0 Å². The molecule has 0 aliphatic rings. The van der Waals surface area contributed by atoms with Crippen LogP contribution in [-0.4, -0.2) is 41.5 Å². The summed E-state index contributed by atoms with van der Waals surface area (Å²) in [6, 6.07) is 8.44. The van der Waals surface area contributed by atoms with E-state index in [4.69, 9.17) is 9.99 Å². The van der Waals surface area contributed by atoms with Crippen molar-refractivity contribution in [3.05, 3.63) is 35.4 Å². The van der Waals surface area contributed by atoms with Gasteiger partial charge in [0.15, 0.2) is 0 Å². The number of benzene rings is 1. The summed E-state index contributed by atoms with van der Waals surface area (Å²) in [4.78, 5) is 23.9. The monoisotopic (exact) mass is 455 g/mol. The molecule has 0 saturated carbocycles. The molecule has 2 atom stereocenters. The number of nitrogens with one attached hydrogen (secondary N) is 1. The molecular weight excluding hydrogens is 418 g/mol. The summed E-state index contributed by atoms with van der Waals surface area (Å²) in [6.45, 7) is 7.40. The predicted molar refractivity (Wildman–Crippen MR) is 122 cm³/mol. The Morgan fingerprint density at radius 1 is 1.13 bits per heavy atom. The minimum atomic E-state index is -0.488. The zero-order valence-electron chi connectivity index (χ0n) is 19.3. The first kappa shape index (κ1) is 27.6. The second kappa shape index (κ2) is 14.6. The van der Waals surface area contributed by atoms with Gasteiger partial charge in [-0.1, -0.05) is 36.2 Å². The molecule has 1 amide bonds. The summed E-state index contributed by atoms with van der Waals surface area (Å²) in [6.07, 6.45) is 4.46. The first-order valence-corrected chi connectivity index (χ1v) is 11.6. The van der Waals surface area contributed by atoms with Gasteiger partial charge in [0.1, 0.15) is 5.78 Å². The van der Waals surface area contributed by atoms with Crippen LogP contribution in [0.3, 0.4) is 0 Å². The normalized spacial score (nSPS) is 13.6. The summed E-state index contributed by atoms with van der Waals surface area (Å²) in [5.41, 5.74) is 1.93. The van der Waals surface area contributed by atoms with E-state index in [1.165, 1.54) is 11.1 Å². The number of carbonyl (C=O) groups excluding carboxylic acids is 2. The predicted octanol–water partition coefficient (Wildman–Crippen LogP) is 4.54. The lowest BCUT2D eigenvalue weighted by molar-refractivity contribution is -0.432. The molecule has 0 radical (unpaired) electrons. The third-order valence-corrected chi connectivity index (χ3v) is 6.23. The first-order valence-electron chi connectivity index (χ1n) is 10.7. The molecule has 0 bridgehead atoms. The minimum absolute atomic E-state index is 0.0192. The van der Waals surface area contributed by atoms with Gasteiger partial charge >= 0.3 is 0 Å². The Bertz CT molecular complexity index is 665. The number of rotatable bonds is 16. The highest BCUT2D eigenvalue weighted by atomic mass is 32.2. The van der Waals surface area contributed by atoms with Gasteiger partial charge in [0.05, 0.1) is 6.10 Å². The fourth-order valence-corrected chi connectivity index (χ4v) is 3.81. The molecule has 1 aromatic carbocycles.